The van der Waals surface area contributed by atoms with Crippen LogP contribution in [0, 0.1) is 21.4 Å². The van der Waals surface area contributed by atoms with E-state index in [2.05, 4.69) is 15.3 Å². The molecule has 0 amide bonds. The van der Waals surface area contributed by atoms with Gasteiger partial charge in [0, 0.05) is 17.6 Å². The summed E-state index contributed by atoms with van der Waals surface area (Å²) in [6.45, 7) is 3.84. The summed E-state index contributed by atoms with van der Waals surface area (Å²) < 4.78 is 0. The molecule has 2 aromatic heterocycles. The summed E-state index contributed by atoms with van der Waals surface area (Å²) in [5.74, 6) is 0.396. The first-order valence-electron chi connectivity index (χ1n) is 5.68. The Morgan fingerprint density at radius 1 is 1.50 bits per heavy atom. The van der Waals surface area contributed by atoms with Gasteiger partial charge in [0.2, 0.25) is 5.69 Å². The number of nitrogens with zero attached hydrogens (tertiary/aromatic N) is 4. The van der Waals surface area contributed by atoms with E-state index in [1.54, 1.807) is 12.3 Å². The van der Waals surface area contributed by atoms with Crippen molar-refractivity contribution in [3.63, 3.8) is 0 Å². The van der Waals surface area contributed by atoms with E-state index < -0.39 is 10.5 Å². The molecule has 0 saturated carbocycles. The first kappa shape index (κ1) is 13.9. The largest absolute Gasteiger partial charge is 0.359 e. The molecule has 8 heteroatoms. The van der Waals surface area contributed by atoms with Crippen LogP contribution in [0.5, 0.6) is 0 Å². The van der Waals surface area contributed by atoms with Gasteiger partial charge in [-0.25, -0.2) is 9.97 Å². The lowest BCUT2D eigenvalue weighted by molar-refractivity contribution is -0.385. The van der Waals surface area contributed by atoms with Gasteiger partial charge in [-0.1, -0.05) is 0 Å². The summed E-state index contributed by atoms with van der Waals surface area (Å²) in [6, 6.07) is 4.48. The number of pyridine rings is 1. The van der Waals surface area contributed by atoms with Gasteiger partial charge in [-0.15, -0.1) is 11.3 Å². The molecule has 0 unspecified atom stereocenters. The van der Waals surface area contributed by atoms with Crippen molar-refractivity contribution in [3.8, 4) is 6.07 Å². The smallest absolute Gasteiger partial charge is 0.305 e. The van der Waals surface area contributed by atoms with Crippen LogP contribution in [0.15, 0.2) is 23.7 Å². The molecule has 2 heterocycles. The minimum atomic E-state index is -0.624. The molecule has 7 nitrogen and oxygen atoms in total. The topological polar surface area (TPSA) is 105 Å². The summed E-state index contributed by atoms with van der Waals surface area (Å²) in [4.78, 5) is 18.3. The SMILES string of the molecule is CC(C)(Nc1ccc([N+](=O)[O-])c(C#N)n1)c1nccs1. The quantitative estimate of drug-likeness (QED) is 0.685. The van der Waals surface area contributed by atoms with Gasteiger partial charge >= 0.3 is 5.69 Å². The van der Waals surface area contributed by atoms with Crippen LogP contribution in [-0.4, -0.2) is 14.9 Å². The molecular weight excluding hydrogens is 278 g/mol. The maximum Gasteiger partial charge on any atom is 0.305 e. The van der Waals surface area contributed by atoms with E-state index >= 15 is 0 Å². The number of nitrogens with one attached hydrogen (secondary N) is 1. The van der Waals surface area contributed by atoms with Crippen LogP contribution in [0.3, 0.4) is 0 Å². The predicted molar refractivity (Wildman–Crippen MR) is 74.4 cm³/mol. The molecule has 0 atom stereocenters. The summed E-state index contributed by atoms with van der Waals surface area (Å²) in [7, 11) is 0. The maximum absolute atomic E-state index is 10.7. The molecule has 0 aliphatic rings. The molecule has 0 fully saturated rings. The molecule has 0 aliphatic heterocycles. The van der Waals surface area contributed by atoms with E-state index in [0.29, 0.717) is 5.82 Å². The number of aromatic nitrogens is 2. The van der Waals surface area contributed by atoms with Gasteiger partial charge in [0.05, 0.1) is 10.5 Å². The van der Waals surface area contributed by atoms with Crippen molar-refractivity contribution >= 4 is 22.8 Å². The number of nitriles is 1. The van der Waals surface area contributed by atoms with Crippen molar-refractivity contribution in [1.82, 2.24) is 9.97 Å². The van der Waals surface area contributed by atoms with Gasteiger partial charge in [-0.05, 0) is 19.9 Å². The highest BCUT2D eigenvalue weighted by molar-refractivity contribution is 7.09. The lowest BCUT2D eigenvalue weighted by Crippen LogP contribution is -2.28. The highest BCUT2D eigenvalue weighted by Crippen LogP contribution is 2.27. The summed E-state index contributed by atoms with van der Waals surface area (Å²) in [6.07, 6.45) is 1.70. The lowest BCUT2D eigenvalue weighted by atomic mass is 10.1. The Balaban J connectivity index is 2.31. The van der Waals surface area contributed by atoms with Crippen molar-refractivity contribution < 1.29 is 4.92 Å². The molecular formula is C12H11N5O2S. The van der Waals surface area contributed by atoms with Gasteiger partial charge in [0.1, 0.15) is 16.9 Å². The number of rotatable bonds is 4. The second kappa shape index (κ2) is 5.22. The molecule has 2 aromatic rings. The third-order valence-electron chi connectivity index (χ3n) is 2.58. The summed E-state index contributed by atoms with van der Waals surface area (Å²) in [5.41, 5.74) is -0.996. The zero-order chi connectivity index (χ0) is 14.8. The second-order valence-electron chi connectivity index (χ2n) is 4.52. The standard InChI is InChI=1S/C12H11N5O2S/c1-12(2,11-14-5-6-20-11)16-10-4-3-9(17(18)19)8(7-13)15-10/h3-6H,1-2H3,(H,15,16). The normalized spacial score (nSPS) is 10.8. The second-order valence-corrected chi connectivity index (χ2v) is 5.41. The van der Waals surface area contributed by atoms with Crippen molar-refractivity contribution in [3.05, 3.63) is 44.5 Å². The van der Waals surface area contributed by atoms with E-state index in [1.807, 2.05) is 19.2 Å². The van der Waals surface area contributed by atoms with Gasteiger partial charge < -0.3 is 5.32 Å². The predicted octanol–water partition coefficient (Wildman–Crippen LogP) is 2.67. The maximum atomic E-state index is 10.7. The van der Waals surface area contributed by atoms with Gasteiger partial charge in [-0.3, -0.25) is 10.1 Å². The zero-order valence-electron chi connectivity index (χ0n) is 10.8. The van der Waals surface area contributed by atoms with Crippen molar-refractivity contribution in [2.24, 2.45) is 0 Å². The van der Waals surface area contributed by atoms with E-state index in [9.17, 15) is 10.1 Å². The minimum absolute atomic E-state index is 0.213. The monoisotopic (exact) mass is 289 g/mol. The molecule has 1 N–H and O–H groups in total. The lowest BCUT2D eigenvalue weighted by Gasteiger charge is -2.24. The highest BCUT2D eigenvalue weighted by Gasteiger charge is 2.24. The van der Waals surface area contributed by atoms with Crippen LogP contribution < -0.4 is 5.32 Å². The van der Waals surface area contributed by atoms with Crippen molar-refractivity contribution in [2.75, 3.05) is 5.32 Å². The zero-order valence-corrected chi connectivity index (χ0v) is 11.6. The molecule has 0 aromatic carbocycles. The van der Waals surface area contributed by atoms with Crippen LogP contribution in [0.1, 0.15) is 24.5 Å². The first-order valence-corrected chi connectivity index (χ1v) is 6.55. The Hall–Kier alpha value is -2.53. The number of nitro groups is 1. The molecule has 0 spiro atoms. The first-order chi connectivity index (χ1) is 9.44. The average Bonchev–Trinajstić information content (AvgIpc) is 2.92. The van der Waals surface area contributed by atoms with Crippen LogP contribution in [0.4, 0.5) is 11.5 Å². The molecule has 0 aliphatic carbocycles. The fourth-order valence-electron chi connectivity index (χ4n) is 1.66. The van der Waals surface area contributed by atoms with E-state index in [4.69, 9.17) is 5.26 Å². The minimum Gasteiger partial charge on any atom is -0.359 e. The molecule has 0 bridgehead atoms. The van der Waals surface area contributed by atoms with E-state index in [-0.39, 0.29) is 11.4 Å². The Morgan fingerprint density at radius 2 is 2.25 bits per heavy atom. The Labute approximate surface area is 119 Å². The van der Waals surface area contributed by atoms with Crippen LogP contribution in [0.2, 0.25) is 0 Å². The van der Waals surface area contributed by atoms with E-state index in [1.165, 1.54) is 23.5 Å². The Morgan fingerprint density at radius 3 is 2.80 bits per heavy atom. The van der Waals surface area contributed by atoms with Gasteiger partial charge in [0.25, 0.3) is 0 Å². The van der Waals surface area contributed by atoms with E-state index in [0.717, 1.165) is 5.01 Å². The third-order valence-corrected chi connectivity index (χ3v) is 3.68. The summed E-state index contributed by atoms with van der Waals surface area (Å²) >= 11 is 1.49. The van der Waals surface area contributed by atoms with Gasteiger partial charge in [0.15, 0.2) is 0 Å². The molecule has 2 rings (SSSR count). The fraction of sp³-hybridized carbons (Fsp3) is 0.250. The number of thiazole rings is 1. The molecule has 102 valence electrons. The average molecular weight is 289 g/mol. The van der Waals surface area contributed by atoms with Crippen LogP contribution >= 0.6 is 11.3 Å². The number of hydrogen-bond donors (Lipinski definition) is 1. The Bertz CT molecular complexity index is 676. The van der Waals surface area contributed by atoms with Gasteiger partial charge in [-0.2, -0.15) is 5.26 Å². The molecule has 20 heavy (non-hydrogen) atoms. The summed E-state index contributed by atoms with van der Waals surface area (Å²) in [5, 5.41) is 25.5. The molecule has 0 radical (unpaired) electrons. The highest BCUT2D eigenvalue weighted by atomic mass is 32.1. The van der Waals surface area contributed by atoms with Crippen molar-refractivity contribution in [2.45, 2.75) is 19.4 Å². The fourth-order valence-corrected chi connectivity index (χ4v) is 2.37. The number of anilines is 1. The third kappa shape index (κ3) is 2.73. The molecule has 0 saturated heterocycles. The Kier molecular flexibility index (Phi) is 3.63. The number of hydrogen-bond acceptors (Lipinski definition) is 7. The van der Waals surface area contributed by atoms with Crippen LogP contribution in [0.25, 0.3) is 0 Å². The van der Waals surface area contributed by atoms with Crippen LogP contribution in [-0.2, 0) is 5.54 Å². The van der Waals surface area contributed by atoms with Crippen molar-refractivity contribution in [1.29, 1.82) is 5.26 Å².